The fraction of sp³-hybridized carbons (Fsp3) is 0.364. The van der Waals surface area contributed by atoms with Crippen LogP contribution in [-0.4, -0.2) is 22.7 Å². The Kier molecular flexibility index (Phi) is 4.12. The summed E-state index contributed by atoms with van der Waals surface area (Å²) < 4.78 is 4.66. The first-order valence-corrected chi connectivity index (χ1v) is 5.06. The zero-order chi connectivity index (χ0) is 11.3. The largest absolute Gasteiger partial charge is 0.463 e. The van der Waals surface area contributed by atoms with E-state index in [2.05, 4.69) is 4.74 Å². The van der Waals surface area contributed by atoms with Crippen molar-refractivity contribution in [3.63, 3.8) is 0 Å². The normalized spacial score (nSPS) is 14.3. The third-order valence-electron chi connectivity index (χ3n) is 1.87. The van der Waals surface area contributed by atoms with E-state index in [0.717, 1.165) is 5.56 Å². The Balaban J connectivity index is 2.68. The number of halogens is 1. The van der Waals surface area contributed by atoms with Gasteiger partial charge in [-0.2, -0.15) is 0 Å². The summed E-state index contributed by atoms with van der Waals surface area (Å²) >= 11 is 5.68. The van der Waals surface area contributed by atoms with Crippen LogP contribution in [0.5, 0.6) is 0 Å². The van der Waals surface area contributed by atoms with E-state index in [0.29, 0.717) is 0 Å². The predicted molar refractivity (Wildman–Crippen MR) is 57.6 cm³/mol. The highest BCUT2D eigenvalue weighted by Crippen LogP contribution is 2.19. The molecule has 0 aliphatic carbocycles. The molecular weight excluding hydrogens is 216 g/mol. The van der Waals surface area contributed by atoms with Crippen LogP contribution in [0.15, 0.2) is 30.3 Å². The second-order valence-electron chi connectivity index (χ2n) is 3.14. The van der Waals surface area contributed by atoms with Gasteiger partial charge < -0.3 is 9.84 Å². The minimum atomic E-state index is -1.97. The van der Waals surface area contributed by atoms with Gasteiger partial charge in [0.15, 0.2) is 0 Å². The summed E-state index contributed by atoms with van der Waals surface area (Å²) in [5.41, 5.74) is 0.781. The average molecular weight is 229 g/mol. The minimum absolute atomic E-state index is 0.0359. The Bertz CT molecular complexity index is 322. The number of aliphatic hydroxyl groups is 1. The van der Waals surface area contributed by atoms with Crippen LogP contribution in [0.3, 0.4) is 0 Å². The maximum Gasteiger partial charge on any atom is 0.354 e. The maximum absolute atomic E-state index is 11.3. The Morgan fingerprint density at radius 3 is 2.60 bits per heavy atom. The van der Waals surface area contributed by atoms with Crippen LogP contribution < -0.4 is 0 Å². The van der Waals surface area contributed by atoms with Gasteiger partial charge in [0.25, 0.3) is 0 Å². The zero-order valence-electron chi connectivity index (χ0n) is 8.44. The zero-order valence-corrected chi connectivity index (χ0v) is 9.20. The lowest BCUT2D eigenvalue weighted by Crippen LogP contribution is -2.36. The summed E-state index contributed by atoms with van der Waals surface area (Å²) in [5.74, 6) is -0.810. The number of alkyl halides is 1. The molecule has 0 saturated heterocycles. The lowest BCUT2D eigenvalue weighted by atomic mass is 10.1. The van der Waals surface area contributed by atoms with E-state index in [4.69, 9.17) is 11.6 Å². The molecule has 3 nitrogen and oxygen atoms in total. The summed E-state index contributed by atoms with van der Waals surface area (Å²) in [4.78, 5) is 11.3. The van der Waals surface area contributed by atoms with Gasteiger partial charge in [-0.3, -0.25) is 0 Å². The molecule has 0 amide bonds. The van der Waals surface area contributed by atoms with Crippen molar-refractivity contribution in [2.24, 2.45) is 0 Å². The van der Waals surface area contributed by atoms with Crippen molar-refractivity contribution < 1.29 is 14.6 Å². The highest BCUT2D eigenvalue weighted by atomic mass is 35.5. The SMILES string of the molecule is CCOC(=O)C(O)(Cl)Cc1ccccc1. The Morgan fingerprint density at radius 1 is 1.47 bits per heavy atom. The van der Waals surface area contributed by atoms with Crippen molar-refractivity contribution in [2.75, 3.05) is 6.61 Å². The van der Waals surface area contributed by atoms with Crippen LogP contribution >= 0.6 is 11.6 Å². The maximum atomic E-state index is 11.3. The number of hydrogen-bond donors (Lipinski definition) is 1. The molecule has 1 N–H and O–H groups in total. The molecule has 1 aromatic rings. The van der Waals surface area contributed by atoms with Crippen molar-refractivity contribution in [2.45, 2.75) is 18.4 Å². The lowest BCUT2D eigenvalue weighted by molar-refractivity contribution is -0.156. The van der Waals surface area contributed by atoms with Crippen LogP contribution in [0, 0.1) is 0 Å². The molecule has 0 aromatic heterocycles. The van der Waals surface area contributed by atoms with Gasteiger partial charge >= 0.3 is 5.97 Å². The highest BCUT2D eigenvalue weighted by Gasteiger charge is 2.35. The Hall–Kier alpha value is -1.06. The highest BCUT2D eigenvalue weighted by molar-refractivity contribution is 6.32. The molecule has 0 saturated carbocycles. The smallest absolute Gasteiger partial charge is 0.354 e. The third kappa shape index (κ3) is 3.53. The molecule has 0 aliphatic rings. The molecule has 1 unspecified atom stereocenters. The standard InChI is InChI=1S/C11H13ClO3/c1-2-15-10(13)11(12,14)8-9-6-4-3-5-7-9/h3-7,14H,2,8H2,1H3. The van der Waals surface area contributed by atoms with Crippen LogP contribution in [-0.2, 0) is 16.0 Å². The molecular formula is C11H13ClO3. The van der Waals surface area contributed by atoms with Crippen molar-refractivity contribution in [3.05, 3.63) is 35.9 Å². The van der Waals surface area contributed by atoms with E-state index in [1.165, 1.54) is 0 Å². The van der Waals surface area contributed by atoms with Gasteiger partial charge in [0.1, 0.15) is 0 Å². The Morgan fingerprint density at radius 2 is 2.07 bits per heavy atom. The second-order valence-corrected chi connectivity index (χ2v) is 3.77. The van der Waals surface area contributed by atoms with Gasteiger partial charge in [-0.05, 0) is 12.5 Å². The minimum Gasteiger partial charge on any atom is -0.463 e. The van der Waals surface area contributed by atoms with Crippen LogP contribution in [0.1, 0.15) is 12.5 Å². The topological polar surface area (TPSA) is 46.5 Å². The van der Waals surface area contributed by atoms with Crippen molar-refractivity contribution in [1.82, 2.24) is 0 Å². The van der Waals surface area contributed by atoms with E-state index in [-0.39, 0.29) is 13.0 Å². The Labute approximate surface area is 93.6 Å². The van der Waals surface area contributed by atoms with Gasteiger partial charge in [0.2, 0.25) is 5.06 Å². The molecule has 1 aromatic carbocycles. The summed E-state index contributed by atoms with van der Waals surface area (Å²) in [6.07, 6.45) is 0.0359. The summed E-state index contributed by atoms with van der Waals surface area (Å²) in [7, 11) is 0. The molecule has 0 radical (unpaired) electrons. The molecule has 0 heterocycles. The number of esters is 1. The fourth-order valence-corrected chi connectivity index (χ4v) is 1.39. The first kappa shape index (κ1) is 12.0. The van der Waals surface area contributed by atoms with E-state index in [1.807, 2.05) is 18.2 Å². The van der Waals surface area contributed by atoms with Crippen LogP contribution in [0.25, 0.3) is 0 Å². The molecule has 1 atom stereocenters. The van der Waals surface area contributed by atoms with Crippen molar-refractivity contribution in [3.8, 4) is 0 Å². The van der Waals surface area contributed by atoms with E-state index >= 15 is 0 Å². The van der Waals surface area contributed by atoms with Crippen LogP contribution in [0.4, 0.5) is 0 Å². The fourth-order valence-electron chi connectivity index (χ4n) is 1.18. The van der Waals surface area contributed by atoms with E-state index in [9.17, 15) is 9.90 Å². The molecule has 1 rings (SSSR count). The molecule has 0 spiro atoms. The first-order valence-electron chi connectivity index (χ1n) is 4.68. The second kappa shape index (κ2) is 5.14. The quantitative estimate of drug-likeness (QED) is 0.631. The number of rotatable bonds is 4. The van der Waals surface area contributed by atoms with Gasteiger partial charge in [-0.25, -0.2) is 4.79 Å². The molecule has 0 aliphatic heterocycles. The molecule has 15 heavy (non-hydrogen) atoms. The van der Waals surface area contributed by atoms with Gasteiger partial charge in [-0.1, -0.05) is 41.9 Å². The summed E-state index contributed by atoms with van der Waals surface area (Å²) in [6, 6.07) is 9.04. The first-order chi connectivity index (χ1) is 7.06. The van der Waals surface area contributed by atoms with E-state index < -0.39 is 11.0 Å². The van der Waals surface area contributed by atoms with Crippen molar-refractivity contribution >= 4 is 17.6 Å². The van der Waals surface area contributed by atoms with E-state index in [1.54, 1.807) is 19.1 Å². The average Bonchev–Trinajstić information content (AvgIpc) is 2.19. The van der Waals surface area contributed by atoms with Crippen LogP contribution in [0.2, 0.25) is 0 Å². The van der Waals surface area contributed by atoms with Gasteiger partial charge in [0, 0.05) is 6.42 Å². The summed E-state index contributed by atoms with van der Waals surface area (Å²) in [5, 5.41) is 7.68. The number of carbonyl (C=O) groups is 1. The number of benzene rings is 1. The number of hydrogen-bond acceptors (Lipinski definition) is 3. The number of carbonyl (C=O) groups excluding carboxylic acids is 1. The van der Waals surface area contributed by atoms with Gasteiger partial charge in [-0.15, -0.1) is 0 Å². The molecule has 0 bridgehead atoms. The molecule has 0 fully saturated rings. The number of ether oxygens (including phenoxy) is 1. The molecule has 4 heteroatoms. The van der Waals surface area contributed by atoms with Crippen molar-refractivity contribution in [1.29, 1.82) is 0 Å². The monoisotopic (exact) mass is 228 g/mol. The predicted octanol–water partition coefficient (Wildman–Crippen LogP) is 1.72. The third-order valence-corrected chi connectivity index (χ3v) is 2.16. The summed E-state index contributed by atoms with van der Waals surface area (Å²) in [6.45, 7) is 1.86. The molecule has 82 valence electrons. The lowest BCUT2D eigenvalue weighted by Gasteiger charge is -2.18. The van der Waals surface area contributed by atoms with Gasteiger partial charge in [0.05, 0.1) is 6.61 Å².